The van der Waals surface area contributed by atoms with Gasteiger partial charge in [-0.1, -0.05) is 13.8 Å². The van der Waals surface area contributed by atoms with Crippen LogP contribution in [0.4, 0.5) is 5.00 Å². The summed E-state index contributed by atoms with van der Waals surface area (Å²) in [6, 6.07) is -0.985. The van der Waals surface area contributed by atoms with Crippen LogP contribution in [0.3, 0.4) is 0 Å². The molecule has 1 aromatic rings. The molecule has 0 radical (unpaired) electrons. The number of nitrogens with one attached hydrogen (secondary N) is 2. The third-order valence-electron chi connectivity index (χ3n) is 5.30. The number of carboxylic acids is 1. The SMILES string of the molecule is CCOC(=O)c1c(NC(=O)CC(NCCN(CC)CC)C(=O)O)sc2c1CCCC2. The Morgan fingerprint density at radius 3 is 2.50 bits per heavy atom. The second kappa shape index (κ2) is 12.0. The lowest BCUT2D eigenvalue weighted by Crippen LogP contribution is -2.43. The van der Waals surface area contributed by atoms with Gasteiger partial charge >= 0.3 is 11.9 Å². The van der Waals surface area contributed by atoms with Crippen LogP contribution in [0.15, 0.2) is 0 Å². The van der Waals surface area contributed by atoms with Crippen LogP contribution in [0.2, 0.25) is 0 Å². The molecule has 1 aliphatic rings. The molecule has 1 amide bonds. The van der Waals surface area contributed by atoms with Gasteiger partial charge in [-0.05, 0) is 51.3 Å². The van der Waals surface area contributed by atoms with Crippen LogP contribution in [0.25, 0.3) is 0 Å². The summed E-state index contributed by atoms with van der Waals surface area (Å²) in [5.41, 5.74) is 1.40. The molecule has 0 aromatic carbocycles. The molecule has 0 bridgehead atoms. The Hall–Kier alpha value is -1.97. The van der Waals surface area contributed by atoms with Gasteiger partial charge in [-0.2, -0.15) is 0 Å². The van der Waals surface area contributed by atoms with E-state index in [0.717, 1.165) is 49.2 Å². The Balaban J connectivity index is 2.05. The number of carbonyl (C=O) groups is 3. The van der Waals surface area contributed by atoms with Crippen LogP contribution in [-0.4, -0.2) is 66.7 Å². The zero-order valence-corrected chi connectivity index (χ0v) is 18.9. The number of amides is 1. The highest BCUT2D eigenvalue weighted by Crippen LogP contribution is 2.38. The lowest BCUT2D eigenvalue weighted by atomic mass is 9.95. The van der Waals surface area contributed by atoms with Crippen molar-refractivity contribution in [3.05, 3.63) is 16.0 Å². The minimum Gasteiger partial charge on any atom is -0.480 e. The van der Waals surface area contributed by atoms with Crippen LogP contribution in [0.5, 0.6) is 0 Å². The number of esters is 1. The van der Waals surface area contributed by atoms with E-state index in [4.69, 9.17) is 4.74 Å². The number of hydrogen-bond acceptors (Lipinski definition) is 7. The first-order valence-corrected chi connectivity index (χ1v) is 11.5. The van der Waals surface area contributed by atoms with Crippen molar-refractivity contribution in [2.45, 2.75) is 58.9 Å². The maximum absolute atomic E-state index is 12.6. The number of carbonyl (C=O) groups excluding carboxylic acids is 2. The predicted molar refractivity (Wildman–Crippen MR) is 117 cm³/mol. The number of anilines is 1. The van der Waals surface area contributed by atoms with E-state index in [9.17, 15) is 19.5 Å². The van der Waals surface area contributed by atoms with Crippen molar-refractivity contribution in [3.8, 4) is 0 Å². The summed E-state index contributed by atoms with van der Waals surface area (Å²) >= 11 is 1.40. The molecule has 8 nitrogen and oxygen atoms in total. The fourth-order valence-corrected chi connectivity index (χ4v) is 4.91. The number of thiophene rings is 1. The molecule has 1 unspecified atom stereocenters. The van der Waals surface area contributed by atoms with Gasteiger partial charge in [0.15, 0.2) is 0 Å². The van der Waals surface area contributed by atoms with E-state index in [2.05, 4.69) is 15.5 Å². The number of ether oxygens (including phenoxy) is 1. The fourth-order valence-electron chi connectivity index (χ4n) is 3.62. The molecular weight excluding hydrogens is 406 g/mol. The van der Waals surface area contributed by atoms with Gasteiger partial charge in [-0.15, -0.1) is 11.3 Å². The Morgan fingerprint density at radius 1 is 1.17 bits per heavy atom. The summed E-state index contributed by atoms with van der Waals surface area (Å²) < 4.78 is 5.20. The zero-order chi connectivity index (χ0) is 22.1. The van der Waals surface area contributed by atoms with E-state index in [1.54, 1.807) is 6.92 Å². The first-order valence-electron chi connectivity index (χ1n) is 10.7. The second-order valence-electron chi connectivity index (χ2n) is 7.26. The number of aryl methyl sites for hydroxylation is 1. The number of likely N-dealkylation sites (N-methyl/N-ethyl adjacent to an activating group) is 1. The maximum atomic E-state index is 12.6. The molecule has 1 heterocycles. The molecule has 0 fully saturated rings. The number of hydrogen-bond donors (Lipinski definition) is 3. The van der Waals surface area contributed by atoms with Crippen molar-refractivity contribution < 1.29 is 24.2 Å². The number of fused-ring (bicyclic) bond motifs is 1. The highest BCUT2D eigenvalue weighted by molar-refractivity contribution is 7.17. The Labute approximate surface area is 182 Å². The molecule has 0 aliphatic heterocycles. The average Bonchev–Trinajstić information content (AvgIpc) is 3.08. The zero-order valence-electron chi connectivity index (χ0n) is 18.1. The molecule has 0 saturated heterocycles. The molecule has 1 aromatic heterocycles. The Bertz CT molecular complexity index is 745. The number of rotatable bonds is 12. The molecule has 2 rings (SSSR count). The van der Waals surface area contributed by atoms with Gasteiger partial charge in [-0.3, -0.25) is 9.59 Å². The monoisotopic (exact) mass is 439 g/mol. The summed E-state index contributed by atoms with van der Waals surface area (Å²) in [4.78, 5) is 40.0. The van der Waals surface area contributed by atoms with Crippen molar-refractivity contribution >= 4 is 34.2 Å². The number of carboxylic acid groups (broad SMARTS) is 1. The second-order valence-corrected chi connectivity index (χ2v) is 8.36. The summed E-state index contributed by atoms with van der Waals surface area (Å²) in [6.07, 6.45) is 3.52. The maximum Gasteiger partial charge on any atom is 0.341 e. The van der Waals surface area contributed by atoms with Crippen LogP contribution in [-0.2, 0) is 27.2 Å². The van der Waals surface area contributed by atoms with E-state index in [-0.39, 0.29) is 13.0 Å². The third kappa shape index (κ3) is 6.52. The molecule has 1 aliphatic carbocycles. The van der Waals surface area contributed by atoms with Gasteiger partial charge in [0, 0.05) is 18.0 Å². The van der Waals surface area contributed by atoms with Crippen LogP contribution in [0, 0.1) is 0 Å². The standard InChI is InChI=1S/C21H33N3O5S/c1-4-24(5-2)12-11-22-15(20(26)27)13-17(25)23-19-18(21(28)29-6-3)14-9-7-8-10-16(14)30-19/h15,22H,4-13H2,1-3H3,(H,23,25)(H,26,27). The van der Waals surface area contributed by atoms with Crippen LogP contribution < -0.4 is 10.6 Å². The van der Waals surface area contributed by atoms with E-state index < -0.39 is 23.9 Å². The van der Waals surface area contributed by atoms with E-state index >= 15 is 0 Å². The van der Waals surface area contributed by atoms with E-state index in [0.29, 0.717) is 23.7 Å². The minimum absolute atomic E-state index is 0.210. The van der Waals surface area contributed by atoms with Crippen molar-refractivity contribution in [2.24, 2.45) is 0 Å². The van der Waals surface area contributed by atoms with Gasteiger partial charge in [0.1, 0.15) is 11.0 Å². The normalized spacial score (nSPS) is 14.3. The van der Waals surface area contributed by atoms with Crippen molar-refractivity contribution in [1.29, 1.82) is 0 Å². The lowest BCUT2D eigenvalue weighted by Gasteiger charge is -2.20. The predicted octanol–water partition coefficient (Wildman–Crippen LogP) is 2.52. The topological polar surface area (TPSA) is 108 Å². The molecule has 1 atom stereocenters. The first kappa shape index (κ1) is 24.3. The molecule has 0 spiro atoms. The van der Waals surface area contributed by atoms with E-state index in [1.165, 1.54) is 11.3 Å². The van der Waals surface area contributed by atoms with Gasteiger partial charge in [0.2, 0.25) is 5.91 Å². The quantitative estimate of drug-likeness (QED) is 0.430. The van der Waals surface area contributed by atoms with Crippen molar-refractivity contribution in [1.82, 2.24) is 10.2 Å². The van der Waals surface area contributed by atoms with Gasteiger partial charge in [0.05, 0.1) is 18.6 Å². The molecule has 0 saturated carbocycles. The molecule has 30 heavy (non-hydrogen) atoms. The Morgan fingerprint density at radius 2 is 1.87 bits per heavy atom. The summed E-state index contributed by atoms with van der Waals surface area (Å²) in [5, 5.41) is 15.7. The molecule has 168 valence electrons. The highest BCUT2D eigenvalue weighted by Gasteiger charge is 2.28. The third-order valence-corrected chi connectivity index (χ3v) is 6.51. The van der Waals surface area contributed by atoms with Crippen molar-refractivity contribution in [3.63, 3.8) is 0 Å². The summed E-state index contributed by atoms with van der Waals surface area (Å²) in [5.74, 6) is -1.93. The highest BCUT2D eigenvalue weighted by atomic mass is 32.1. The first-order chi connectivity index (χ1) is 14.4. The van der Waals surface area contributed by atoms with E-state index in [1.807, 2.05) is 13.8 Å². The summed E-state index contributed by atoms with van der Waals surface area (Å²) in [7, 11) is 0. The number of nitrogens with zero attached hydrogens (tertiary/aromatic N) is 1. The molecular formula is C21H33N3O5S. The Kier molecular flexibility index (Phi) is 9.74. The smallest absolute Gasteiger partial charge is 0.341 e. The molecule has 3 N–H and O–H groups in total. The largest absolute Gasteiger partial charge is 0.480 e. The van der Waals surface area contributed by atoms with Crippen LogP contribution in [0.1, 0.15) is 60.8 Å². The average molecular weight is 440 g/mol. The van der Waals surface area contributed by atoms with Crippen molar-refractivity contribution in [2.75, 3.05) is 38.1 Å². The summed E-state index contributed by atoms with van der Waals surface area (Å²) in [6.45, 7) is 9.06. The van der Waals surface area contributed by atoms with Crippen LogP contribution >= 0.6 is 11.3 Å². The number of aliphatic carboxylic acids is 1. The van der Waals surface area contributed by atoms with Gasteiger partial charge in [0.25, 0.3) is 0 Å². The minimum atomic E-state index is -1.07. The van der Waals surface area contributed by atoms with Gasteiger partial charge < -0.3 is 25.4 Å². The lowest BCUT2D eigenvalue weighted by molar-refractivity contribution is -0.141. The molecule has 9 heteroatoms. The fraction of sp³-hybridized carbons (Fsp3) is 0.667. The van der Waals surface area contributed by atoms with Gasteiger partial charge in [-0.25, -0.2) is 4.79 Å².